The van der Waals surface area contributed by atoms with Crippen LogP contribution in [0, 0.1) is 0 Å². The number of nitrogens with one attached hydrogen (secondary N) is 1. The number of aryl methyl sites for hydroxylation is 1. The number of hydrogen-bond acceptors (Lipinski definition) is 5. The molecule has 0 fully saturated rings. The van der Waals surface area contributed by atoms with E-state index in [0.717, 1.165) is 10.7 Å². The molecule has 0 aliphatic carbocycles. The third-order valence-electron chi connectivity index (χ3n) is 3.64. The number of hydrogen-bond donors (Lipinski definition) is 1. The van der Waals surface area contributed by atoms with E-state index in [4.69, 9.17) is 9.47 Å². The van der Waals surface area contributed by atoms with Gasteiger partial charge in [-0.25, -0.2) is 12.7 Å². The van der Waals surface area contributed by atoms with Gasteiger partial charge in [-0.1, -0.05) is 0 Å². The van der Waals surface area contributed by atoms with Gasteiger partial charge >= 0.3 is 0 Å². The number of carbonyl (C=O) groups excluding carboxylic acids is 1. The Balaban J connectivity index is 2.69. The maximum Gasteiger partial charge on any atom is 0.242 e. The zero-order valence-electron chi connectivity index (χ0n) is 15.4. The van der Waals surface area contributed by atoms with Gasteiger partial charge in [-0.15, -0.1) is 0 Å². The summed E-state index contributed by atoms with van der Waals surface area (Å²) in [5.41, 5.74) is 0.690. The third-order valence-corrected chi connectivity index (χ3v) is 5.45. The lowest BCUT2D eigenvalue weighted by atomic mass is 10.1. The molecule has 0 spiro atoms. The summed E-state index contributed by atoms with van der Waals surface area (Å²) in [7, 11) is 0.960. The van der Waals surface area contributed by atoms with Crippen molar-refractivity contribution in [1.82, 2.24) is 9.62 Å². The number of ether oxygens (including phenoxy) is 2. The molecule has 0 heterocycles. The number of sulfonamides is 1. The van der Waals surface area contributed by atoms with Crippen molar-refractivity contribution in [2.45, 2.75) is 31.1 Å². The molecule has 8 heteroatoms. The van der Waals surface area contributed by atoms with Crippen LogP contribution >= 0.6 is 0 Å². The number of nitrogens with zero attached hydrogens (tertiary/aromatic N) is 1. The standard InChI is InChI=1S/C17H28N2O5S/c1-5-24-12-6-11-18-17(20)10-7-14-13-15(8-9-16(14)23-4)25(21,22)19(2)3/h8-9,13H,5-7,10-12H2,1-4H3,(H,18,20). The van der Waals surface area contributed by atoms with Crippen molar-refractivity contribution >= 4 is 15.9 Å². The quantitative estimate of drug-likeness (QED) is 0.594. The van der Waals surface area contributed by atoms with Crippen LogP contribution in [0.1, 0.15) is 25.3 Å². The van der Waals surface area contributed by atoms with E-state index in [9.17, 15) is 13.2 Å². The molecular weight excluding hydrogens is 344 g/mol. The summed E-state index contributed by atoms with van der Waals surface area (Å²) in [6, 6.07) is 4.69. The Hall–Kier alpha value is -1.64. The monoisotopic (exact) mass is 372 g/mol. The first-order valence-corrected chi connectivity index (χ1v) is 9.70. The van der Waals surface area contributed by atoms with Crippen LogP contribution in [0.25, 0.3) is 0 Å². The van der Waals surface area contributed by atoms with Crippen LogP contribution in [-0.4, -0.2) is 59.6 Å². The second-order valence-electron chi connectivity index (χ2n) is 5.66. The lowest BCUT2D eigenvalue weighted by Gasteiger charge is -2.14. The third kappa shape index (κ3) is 6.64. The van der Waals surface area contributed by atoms with Gasteiger partial charge in [0.2, 0.25) is 15.9 Å². The Bertz CT molecular complexity index is 659. The van der Waals surface area contributed by atoms with Gasteiger partial charge in [-0.3, -0.25) is 4.79 Å². The van der Waals surface area contributed by atoms with Gasteiger partial charge in [0.05, 0.1) is 12.0 Å². The molecule has 0 atom stereocenters. The van der Waals surface area contributed by atoms with E-state index >= 15 is 0 Å². The maximum absolute atomic E-state index is 12.2. The Morgan fingerprint density at radius 1 is 1.28 bits per heavy atom. The Labute approximate surface area is 150 Å². The normalized spacial score (nSPS) is 11.6. The highest BCUT2D eigenvalue weighted by Crippen LogP contribution is 2.25. The highest BCUT2D eigenvalue weighted by Gasteiger charge is 2.19. The molecular formula is C17H28N2O5S. The molecule has 0 radical (unpaired) electrons. The molecule has 0 saturated heterocycles. The Morgan fingerprint density at radius 2 is 2.00 bits per heavy atom. The van der Waals surface area contributed by atoms with E-state index in [0.29, 0.717) is 37.5 Å². The number of carbonyl (C=O) groups is 1. The van der Waals surface area contributed by atoms with Gasteiger partial charge in [-0.05, 0) is 43.5 Å². The van der Waals surface area contributed by atoms with Gasteiger partial charge < -0.3 is 14.8 Å². The summed E-state index contributed by atoms with van der Waals surface area (Å²) in [5.74, 6) is 0.487. The molecule has 0 saturated carbocycles. The van der Waals surface area contributed by atoms with Crippen LogP contribution in [0.15, 0.2) is 23.1 Å². The molecule has 1 aromatic rings. The highest BCUT2D eigenvalue weighted by molar-refractivity contribution is 7.89. The van der Waals surface area contributed by atoms with Crippen LogP contribution in [0.4, 0.5) is 0 Å². The first-order chi connectivity index (χ1) is 11.8. The Kier molecular flexibility index (Phi) is 8.88. The molecule has 0 aliphatic rings. The fourth-order valence-corrected chi connectivity index (χ4v) is 3.16. The van der Waals surface area contributed by atoms with E-state index in [1.54, 1.807) is 12.1 Å². The number of benzene rings is 1. The first-order valence-electron chi connectivity index (χ1n) is 8.26. The fourth-order valence-electron chi connectivity index (χ4n) is 2.20. The summed E-state index contributed by atoms with van der Waals surface area (Å²) in [4.78, 5) is 12.1. The van der Waals surface area contributed by atoms with E-state index in [1.165, 1.54) is 27.3 Å². The van der Waals surface area contributed by atoms with Crippen molar-refractivity contribution in [3.63, 3.8) is 0 Å². The van der Waals surface area contributed by atoms with Crippen LogP contribution in [-0.2, 0) is 26.0 Å². The zero-order valence-corrected chi connectivity index (χ0v) is 16.2. The SMILES string of the molecule is CCOCCCNC(=O)CCc1cc(S(=O)(=O)N(C)C)ccc1OC. The summed E-state index contributed by atoms with van der Waals surface area (Å²) in [5, 5.41) is 2.83. The summed E-state index contributed by atoms with van der Waals surface area (Å²) >= 11 is 0. The van der Waals surface area contributed by atoms with Gasteiger partial charge in [0.1, 0.15) is 5.75 Å². The van der Waals surface area contributed by atoms with Crippen molar-refractivity contribution in [3.8, 4) is 5.75 Å². The average molecular weight is 372 g/mol. The Morgan fingerprint density at radius 3 is 2.60 bits per heavy atom. The second-order valence-corrected chi connectivity index (χ2v) is 7.81. The van der Waals surface area contributed by atoms with Gasteiger partial charge in [0, 0.05) is 40.3 Å². The van der Waals surface area contributed by atoms with E-state index in [-0.39, 0.29) is 17.2 Å². The van der Waals surface area contributed by atoms with Gasteiger partial charge in [0.15, 0.2) is 0 Å². The lowest BCUT2D eigenvalue weighted by Crippen LogP contribution is -2.25. The van der Waals surface area contributed by atoms with Gasteiger partial charge in [0.25, 0.3) is 0 Å². The molecule has 1 amide bonds. The minimum atomic E-state index is -3.52. The number of methoxy groups -OCH3 is 1. The number of amides is 1. The van der Waals surface area contributed by atoms with Crippen molar-refractivity contribution in [3.05, 3.63) is 23.8 Å². The topological polar surface area (TPSA) is 84.9 Å². The van der Waals surface area contributed by atoms with Crippen molar-refractivity contribution < 1.29 is 22.7 Å². The average Bonchev–Trinajstić information content (AvgIpc) is 2.59. The minimum absolute atomic E-state index is 0.0839. The molecule has 0 aliphatic heterocycles. The lowest BCUT2D eigenvalue weighted by molar-refractivity contribution is -0.121. The fraction of sp³-hybridized carbons (Fsp3) is 0.588. The predicted octanol–water partition coefficient (Wildman–Crippen LogP) is 1.42. The maximum atomic E-state index is 12.2. The first kappa shape index (κ1) is 21.4. The second kappa shape index (κ2) is 10.4. The van der Waals surface area contributed by atoms with E-state index < -0.39 is 10.0 Å². The van der Waals surface area contributed by atoms with Crippen molar-refractivity contribution in [1.29, 1.82) is 0 Å². The van der Waals surface area contributed by atoms with E-state index in [1.807, 2.05) is 6.92 Å². The molecule has 1 N–H and O–H groups in total. The van der Waals surface area contributed by atoms with Crippen LogP contribution in [0.3, 0.4) is 0 Å². The highest BCUT2D eigenvalue weighted by atomic mass is 32.2. The zero-order chi connectivity index (χ0) is 18.9. The molecule has 0 bridgehead atoms. The largest absolute Gasteiger partial charge is 0.496 e. The summed E-state index contributed by atoms with van der Waals surface area (Å²) < 4.78 is 36.1. The molecule has 1 aromatic carbocycles. The molecule has 0 unspecified atom stereocenters. The van der Waals surface area contributed by atoms with Crippen LogP contribution in [0.2, 0.25) is 0 Å². The smallest absolute Gasteiger partial charge is 0.242 e. The van der Waals surface area contributed by atoms with Crippen molar-refractivity contribution in [2.24, 2.45) is 0 Å². The number of rotatable bonds is 11. The molecule has 142 valence electrons. The molecule has 7 nitrogen and oxygen atoms in total. The van der Waals surface area contributed by atoms with Crippen molar-refractivity contribution in [2.75, 3.05) is 41.0 Å². The molecule has 1 rings (SSSR count). The predicted molar refractivity (Wildman–Crippen MR) is 96.3 cm³/mol. The minimum Gasteiger partial charge on any atom is -0.496 e. The molecule has 0 aromatic heterocycles. The van der Waals surface area contributed by atoms with Crippen LogP contribution in [0.5, 0.6) is 5.75 Å². The summed E-state index contributed by atoms with van der Waals surface area (Å²) in [6.45, 7) is 3.77. The van der Waals surface area contributed by atoms with E-state index in [2.05, 4.69) is 5.32 Å². The van der Waals surface area contributed by atoms with Crippen LogP contribution < -0.4 is 10.1 Å². The summed E-state index contributed by atoms with van der Waals surface area (Å²) in [6.07, 6.45) is 1.42. The molecule has 25 heavy (non-hydrogen) atoms. The van der Waals surface area contributed by atoms with Gasteiger partial charge in [-0.2, -0.15) is 0 Å².